The standard InChI is InChI=1S/C27H29FN6O4S2/c28-22-6-9-24-25(20-22)39-27(31-24)34(15-3-12-32-16-18-38-19-17-32)26(35)21-4-7-23(8-5-21)40(36,37)33(13-1-10-29)14-2-11-30/h4-9,20H,1-3,12-19H2. The molecule has 0 atom stereocenters. The minimum absolute atomic E-state index is 0.00723. The molecule has 1 amide bonds. The first-order chi connectivity index (χ1) is 19.3. The van der Waals surface area contributed by atoms with Gasteiger partial charge in [-0.3, -0.25) is 14.6 Å². The molecule has 0 bridgehead atoms. The summed E-state index contributed by atoms with van der Waals surface area (Å²) in [6.45, 7) is 4.07. The Kier molecular flexibility index (Phi) is 10.1. The Morgan fingerprint density at radius 2 is 1.73 bits per heavy atom. The average molecular weight is 585 g/mol. The van der Waals surface area contributed by atoms with Gasteiger partial charge in [-0.25, -0.2) is 17.8 Å². The molecular formula is C27H29FN6O4S2. The maximum absolute atomic E-state index is 13.8. The lowest BCUT2D eigenvalue weighted by Gasteiger charge is -2.27. The maximum Gasteiger partial charge on any atom is 0.260 e. The van der Waals surface area contributed by atoms with Crippen molar-refractivity contribution in [3.8, 4) is 12.1 Å². The van der Waals surface area contributed by atoms with Gasteiger partial charge >= 0.3 is 0 Å². The number of ether oxygens (including phenoxy) is 1. The summed E-state index contributed by atoms with van der Waals surface area (Å²) < 4.78 is 47.3. The average Bonchev–Trinajstić information content (AvgIpc) is 3.38. The molecule has 10 nitrogen and oxygen atoms in total. The molecule has 3 aromatic rings. The van der Waals surface area contributed by atoms with Crippen molar-refractivity contribution < 1.29 is 22.3 Å². The molecule has 0 saturated carbocycles. The summed E-state index contributed by atoms with van der Waals surface area (Å²) in [6, 6.07) is 13.7. The van der Waals surface area contributed by atoms with Gasteiger partial charge in [-0.2, -0.15) is 14.8 Å². The second-order valence-electron chi connectivity index (χ2n) is 9.12. The number of hydrogen-bond acceptors (Lipinski definition) is 9. The number of carbonyl (C=O) groups excluding carboxylic acids is 1. The SMILES string of the molecule is N#CCCN(CCC#N)S(=O)(=O)c1ccc(C(=O)N(CCCN2CCOCC2)c2nc3ccc(F)cc3s2)cc1. The van der Waals surface area contributed by atoms with Crippen LogP contribution in [-0.4, -0.2) is 81.0 Å². The van der Waals surface area contributed by atoms with E-state index >= 15 is 0 Å². The summed E-state index contributed by atoms with van der Waals surface area (Å²) in [4.78, 5) is 22.1. The van der Waals surface area contributed by atoms with Crippen LogP contribution in [0.4, 0.5) is 9.52 Å². The summed E-state index contributed by atoms with van der Waals surface area (Å²) in [6.07, 6.45) is 0.661. The first-order valence-corrected chi connectivity index (χ1v) is 15.1. The molecule has 0 radical (unpaired) electrons. The lowest BCUT2D eigenvalue weighted by Crippen LogP contribution is -2.39. The predicted molar refractivity (Wildman–Crippen MR) is 149 cm³/mol. The van der Waals surface area contributed by atoms with E-state index in [9.17, 15) is 17.6 Å². The zero-order valence-corrected chi connectivity index (χ0v) is 23.5. The van der Waals surface area contributed by atoms with E-state index in [1.165, 1.54) is 47.7 Å². The van der Waals surface area contributed by atoms with Gasteiger partial charge in [-0.05, 0) is 48.9 Å². The minimum Gasteiger partial charge on any atom is -0.379 e. The highest BCUT2D eigenvalue weighted by molar-refractivity contribution is 7.89. The van der Waals surface area contributed by atoms with Crippen LogP contribution < -0.4 is 4.90 Å². The van der Waals surface area contributed by atoms with Crippen LogP contribution in [0.1, 0.15) is 29.6 Å². The lowest BCUT2D eigenvalue weighted by atomic mass is 10.2. The molecule has 2 aromatic carbocycles. The summed E-state index contributed by atoms with van der Waals surface area (Å²) in [7, 11) is -3.96. The zero-order chi connectivity index (χ0) is 28.5. The van der Waals surface area contributed by atoms with E-state index in [2.05, 4.69) is 9.88 Å². The van der Waals surface area contributed by atoms with Gasteiger partial charge in [-0.15, -0.1) is 0 Å². The zero-order valence-electron chi connectivity index (χ0n) is 21.8. The van der Waals surface area contributed by atoms with Gasteiger partial charge in [0.05, 0.1) is 40.5 Å². The number of thiazole rings is 1. The van der Waals surface area contributed by atoms with E-state index in [-0.39, 0.29) is 48.1 Å². The molecule has 1 saturated heterocycles. The van der Waals surface area contributed by atoms with Crippen molar-refractivity contribution in [2.75, 3.05) is 57.4 Å². The highest BCUT2D eigenvalue weighted by Gasteiger charge is 2.26. The van der Waals surface area contributed by atoms with E-state index in [1.54, 1.807) is 11.0 Å². The van der Waals surface area contributed by atoms with Crippen LogP contribution in [0.15, 0.2) is 47.4 Å². The van der Waals surface area contributed by atoms with Crippen molar-refractivity contribution in [1.29, 1.82) is 10.5 Å². The summed E-state index contributed by atoms with van der Waals surface area (Å²) in [5, 5.41) is 18.2. The van der Waals surface area contributed by atoms with Crippen molar-refractivity contribution in [3.05, 3.63) is 53.8 Å². The molecule has 1 aliphatic heterocycles. The van der Waals surface area contributed by atoms with E-state index < -0.39 is 10.0 Å². The second-order valence-corrected chi connectivity index (χ2v) is 12.1. The number of nitriles is 2. The Morgan fingerprint density at radius 1 is 1.05 bits per heavy atom. The molecular weight excluding hydrogens is 555 g/mol. The number of halogens is 1. The van der Waals surface area contributed by atoms with Gasteiger partial charge in [0.2, 0.25) is 10.0 Å². The Hall–Kier alpha value is -3.46. The Morgan fingerprint density at radius 3 is 2.38 bits per heavy atom. The van der Waals surface area contributed by atoms with Crippen molar-refractivity contribution in [3.63, 3.8) is 0 Å². The van der Waals surface area contributed by atoms with Crippen LogP contribution in [-0.2, 0) is 14.8 Å². The summed E-state index contributed by atoms with van der Waals surface area (Å²) in [5.74, 6) is -0.737. The van der Waals surface area contributed by atoms with Crippen LogP contribution in [0.25, 0.3) is 10.2 Å². The number of morpholine rings is 1. The normalized spacial score (nSPS) is 14.2. The number of amides is 1. The fourth-order valence-corrected chi connectivity index (χ4v) is 6.80. The van der Waals surface area contributed by atoms with Gasteiger partial charge in [0.15, 0.2) is 5.13 Å². The third-order valence-corrected chi connectivity index (χ3v) is 9.41. The van der Waals surface area contributed by atoms with E-state index in [0.29, 0.717) is 41.5 Å². The lowest BCUT2D eigenvalue weighted by molar-refractivity contribution is 0.0376. The van der Waals surface area contributed by atoms with Crippen LogP contribution >= 0.6 is 11.3 Å². The maximum atomic E-state index is 13.8. The third kappa shape index (κ3) is 7.18. The molecule has 4 rings (SSSR count). The summed E-state index contributed by atoms with van der Waals surface area (Å²) in [5.41, 5.74) is 0.861. The Balaban J connectivity index is 1.57. The van der Waals surface area contributed by atoms with E-state index in [1.807, 2.05) is 12.1 Å². The smallest absolute Gasteiger partial charge is 0.260 e. The second kappa shape index (κ2) is 13.7. The fourth-order valence-electron chi connectivity index (χ4n) is 4.34. The molecule has 210 valence electrons. The minimum atomic E-state index is -3.96. The van der Waals surface area contributed by atoms with Crippen LogP contribution in [0, 0.1) is 28.5 Å². The monoisotopic (exact) mass is 584 g/mol. The number of nitrogens with zero attached hydrogens (tertiary/aromatic N) is 6. The molecule has 1 fully saturated rings. The molecule has 0 spiro atoms. The number of sulfonamides is 1. The molecule has 2 heterocycles. The number of carbonyl (C=O) groups is 1. The number of benzene rings is 2. The van der Waals surface area contributed by atoms with Crippen molar-refractivity contribution in [1.82, 2.24) is 14.2 Å². The third-order valence-electron chi connectivity index (χ3n) is 6.46. The number of hydrogen-bond donors (Lipinski definition) is 0. The largest absolute Gasteiger partial charge is 0.379 e. The van der Waals surface area contributed by atoms with Gasteiger partial charge in [0, 0.05) is 57.7 Å². The molecule has 1 aliphatic rings. The van der Waals surface area contributed by atoms with E-state index in [0.717, 1.165) is 23.9 Å². The van der Waals surface area contributed by atoms with Gasteiger partial charge < -0.3 is 4.74 Å². The van der Waals surface area contributed by atoms with E-state index in [4.69, 9.17) is 15.3 Å². The van der Waals surface area contributed by atoms with Crippen molar-refractivity contribution in [2.24, 2.45) is 0 Å². The highest BCUT2D eigenvalue weighted by atomic mass is 32.2. The number of aromatic nitrogens is 1. The van der Waals surface area contributed by atoms with Gasteiger partial charge in [0.25, 0.3) is 5.91 Å². The molecule has 0 N–H and O–H groups in total. The quantitative estimate of drug-likeness (QED) is 0.316. The van der Waals surface area contributed by atoms with Crippen LogP contribution in [0.2, 0.25) is 0 Å². The number of rotatable bonds is 12. The topological polar surface area (TPSA) is 131 Å². The number of fused-ring (bicyclic) bond motifs is 1. The molecule has 1 aromatic heterocycles. The Bertz CT molecular complexity index is 1490. The first kappa shape index (κ1) is 29.5. The highest BCUT2D eigenvalue weighted by Crippen LogP contribution is 2.31. The first-order valence-electron chi connectivity index (χ1n) is 12.9. The fraction of sp³-hybridized carbons (Fsp3) is 0.407. The summed E-state index contributed by atoms with van der Waals surface area (Å²) >= 11 is 1.22. The molecule has 0 aliphatic carbocycles. The van der Waals surface area contributed by atoms with Gasteiger partial charge in [-0.1, -0.05) is 11.3 Å². The molecule has 40 heavy (non-hydrogen) atoms. The molecule has 13 heteroatoms. The van der Waals surface area contributed by atoms with Crippen molar-refractivity contribution in [2.45, 2.75) is 24.2 Å². The Labute approximate surface area is 236 Å². The van der Waals surface area contributed by atoms with Crippen LogP contribution in [0.3, 0.4) is 0 Å². The number of anilines is 1. The molecule has 0 unspecified atom stereocenters. The van der Waals surface area contributed by atoms with Crippen molar-refractivity contribution >= 4 is 42.6 Å². The van der Waals surface area contributed by atoms with Gasteiger partial charge in [0.1, 0.15) is 5.82 Å². The van der Waals surface area contributed by atoms with Crippen LogP contribution in [0.5, 0.6) is 0 Å². The predicted octanol–water partition coefficient (Wildman–Crippen LogP) is 3.62.